The molecule has 106 valence electrons. The van der Waals surface area contributed by atoms with Gasteiger partial charge in [-0.2, -0.15) is 0 Å². The summed E-state index contributed by atoms with van der Waals surface area (Å²) < 4.78 is 0. The fourth-order valence-electron chi connectivity index (χ4n) is 2.75. The monoisotopic (exact) mass is 262 g/mol. The summed E-state index contributed by atoms with van der Waals surface area (Å²) in [4.78, 5) is 9.39. The maximum Gasteiger partial charge on any atom is 0.0572 e. The topological polar surface area (TPSA) is 45.4 Å². The number of anilines is 1. The third-order valence-corrected chi connectivity index (χ3v) is 3.97. The normalized spacial score (nSPS) is 23.2. The third-order valence-electron chi connectivity index (χ3n) is 3.97. The van der Waals surface area contributed by atoms with Crippen molar-refractivity contribution in [1.82, 2.24) is 9.88 Å². The van der Waals surface area contributed by atoms with Crippen molar-refractivity contribution in [3.8, 4) is 0 Å². The van der Waals surface area contributed by atoms with Crippen LogP contribution in [-0.2, 0) is 0 Å². The zero-order chi connectivity index (χ0) is 13.8. The van der Waals surface area contributed by atoms with Crippen molar-refractivity contribution in [2.45, 2.75) is 38.8 Å². The van der Waals surface area contributed by atoms with Gasteiger partial charge in [-0.1, -0.05) is 6.92 Å². The predicted molar refractivity (Wildman–Crippen MR) is 80.4 cm³/mol. The van der Waals surface area contributed by atoms with Crippen LogP contribution in [0.2, 0.25) is 0 Å². The van der Waals surface area contributed by atoms with Crippen LogP contribution < -0.4 is 10.6 Å². The lowest BCUT2D eigenvalue weighted by molar-refractivity contribution is 0.337. The predicted octanol–water partition coefficient (Wildman–Crippen LogP) is 2.02. The van der Waals surface area contributed by atoms with Gasteiger partial charge in [0.05, 0.1) is 17.6 Å². The van der Waals surface area contributed by atoms with Crippen LogP contribution in [0, 0.1) is 0 Å². The molecule has 1 aromatic rings. The van der Waals surface area contributed by atoms with Gasteiger partial charge in [-0.25, -0.2) is 0 Å². The fourth-order valence-corrected chi connectivity index (χ4v) is 2.75. The average molecular weight is 262 g/mol. The van der Waals surface area contributed by atoms with Gasteiger partial charge < -0.3 is 15.5 Å². The first-order chi connectivity index (χ1) is 9.11. The van der Waals surface area contributed by atoms with Crippen molar-refractivity contribution in [2.75, 3.05) is 31.6 Å². The highest BCUT2D eigenvalue weighted by Gasteiger charge is 2.20. The van der Waals surface area contributed by atoms with Gasteiger partial charge in [-0.05, 0) is 45.5 Å². The highest BCUT2D eigenvalue weighted by molar-refractivity contribution is 5.46. The second kappa shape index (κ2) is 6.35. The quantitative estimate of drug-likeness (QED) is 0.905. The van der Waals surface area contributed by atoms with E-state index in [0.29, 0.717) is 6.04 Å². The molecule has 1 aromatic heterocycles. The minimum atomic E-state index is 0.0572. The number of hydrogen-bond donors (Lipinski definition) is 1. The first-order valence-electron chi connectivity index (χ1n) is 7.28. The second-order valence-corrected chi connectivity index (χ2v) is 5.61. The van der Waals surface area contributed by atoms with E-state index in [2.05, 4.69) is 47.8 Å². The first-order valence-corrected chi connectivity index (χ1v) is 7.28. The smallest absolute Gasteiger partial charge is 0.0572 e. The van der Waals surface area contributed by atoms with Crippen molar-refractivity contribution in [3.05, 3.63) is 24.0 Å². The minimum absolute atomic E-state index is 0.0572. The fraction of sp³-hybridized carbons (Fsp3) is 0.667. The van der Waals surface area contributed by atoms with Crippen molar-refractivity contribution in [1.29, 1.82) is 0 Å². The van der Waals surface area contributed by atoms with Gasteiger partial charge in [0.2, 0.25) is 0 Å². The summed E-state index contributed by atoms with van der Waals surface area (Å²) in [5.74, 6) is 0. The van der Waals surface area contributed by atoms with Crippen LogP contribution in [0.1, 0.15) is 38.4 Å². The summed E-state index contributed by atoms with van der Waals surface area (Å²) in [6.07, 6.45) is 4.11. The van der Waals surface area contributed by atoms with Gasteiger partial charge in [-0.15, -0.1) is 0 Å². The number of hydrogen-bond acceptors (Lipinski definition) is 4. The second-order valence-electron chi connectivity index (χ2n) is 5.61. The number of likely N-dealkylation sites (N-methyl/N-ethyl adjacent to an activating group) is 1. The van der Waals surface area contributed by atoms with E-state index in [-0.39, 0.29) is 6.04 Å². The maximum absolute atomic E-state index is 6.01. The molecule has 0 radical (unpaired) electrons. The van der Waals surface area contributed by atoms with E-state index in [1.165, 1.54) is 18.7 Å². The Balaban J connectivity index is 2.12. The van der Waals surface area contributed by atoms with Gasteiger partial charge in [0, 0.05) is 25.2 Å². The summed E-state index contributed by atoms with van der Waals surface area (Å²) in [7, 11) is 2.20. The lowest BCUT2D eigenvalue weighted by Gasteiger charge is -2.30. The van der Waals surface area contributed by atoms with Crippen LogP contribution in [0.25, 0.3) is 0 Å². The zero-order valence-corrected chi connectivity index (χ0v) is 12.3. The molecule has 4 nitrogen and oxygen atoms in total. The molecule has 19 heavy (non-hydrogen) atoms. The van der Waals surface area contributed by atoms with Crippen molar-refractivity contribution < 1.29 is 0 Å². The van der Waals surface area contributed by atoms with E-state index >= 15 is 0 Å². The number of aromatic nitrogens is 1. The zero-order valence-electron chi connectivity index (χ0n) is 12.3. The molecular weight excluding hydrogens is 236 g/mol. The number of pyridine rings is 1. The SMILES string of the molecule is CC[C@@H](N)c1ccc(N2CCCN(C)CC2C)cn1. The average Bonchev–Trinajstić information content (AvgIpc) is 2.58. The molecule has 2 atom stereocenters. The molecule has 4 heteroatoms. The van der Waals surface area contributed by atoms with Crippen molar-refractivity contribution in [2.24, 2.45) is 5.73 Å². The van der Waals surface area contributed by atoms with Crippen LogP contribution in [0.5, 0.6) is 0 Å². The molecule has 0 aliphatic carbocycles. The molecule has 1 unspecified atom stereocenters. The summed E-state index contributed by atoms with van der Waals surface area (Å²) >= 11 is 0. The van der Waals surface area contributed by atoms with E-state index in [4.69, 9.17) is 5.73 Å². The van der Waals surface area contributed by atoms with Gasteiger partial charge >= 0.3 is 0 Å². The molecule has 0 saturated carbocycles. The molecule has 0 spiro atoms. The Morgan fingerprint density at radius 1 is 1.42 bits per heavy atom. The maximum atomic E-state index is 6.01. The number of nitrogens with zero attached hydrogens (tertiary/aromatic N) is 3. The molecule has 0 amide bonds. The Morgan fingerprint density at radius 2 is 2.21 bits per heavy atom. The Labute approximate surface area is 116 Å². The van der Waals surface area contributed by atoms with Gasteiger partial charge in [-0.3, -0.25) is 4.98 Å². The summed E-state index contributed by atoms with van der Waals surface area (Å²) in [6, 6.07) is 4.83. The Morgan fingerprint density at radius 3 is 2.84 bits per heavy atom. The molecular formula is C15H26N4. The van der Waals surface area contributed by atoms with Crippen LogP contribution in [0.15, 0.2) is 18.3 Å². The molecule has 1 saturated heterocycles. The lowest BCUT2D eigenvalue weighted by atomic mass is 10.1. The summed E-state index contributed by atoms with van der Waals surface area (Å²) in [6.45, 7) is 7.76. The Bertz CT molecular complexity index is 390. The van der Waals surface area contributed by atoms with Crippen LogP contribution in [0.3, 0.4) is 0 Å². The van der Waals surface area contributed by atoms with E-state index in [1.807, 2.05) is 6.20 Å². The van der Waals surface area contributed by atoms with Gasteiger partial charge in [0.1, 0.15) is 0 Å². The summed E-state index contributed by atoms with van der Waals surface area (Å²) in [5, 5.41) is 0. The lowest BCUT2D eigenvalue weighted by Crippen LogP contribution is -2.38. The number of nitrogens with two attached hydrogens (primary N) is 1. The van der Waals surface area contributed by atoms with Crippen molar-refractivity contribution in [3.63, 3.8) is 0 Å². The highest BCUT2D eigenvalue weighted by atomic mass is 15.2. The number of rotatable bonds is 3. The molecule has 2 rings (SSSR count). The molecule has 1 aliphatic rings. The molecule has 1 aliphatic heterocycles. The van der Waals surface area contributed by atoms with Crippen molar-refractivity contribution >= 4 is 5.69 Å². The van der Waals surface area contributed by atoms with E-state index in [1.54, 1.807) is 0 Å². The van der Waals surface area contributed by atoms with Gasteiger partial charge in [0.15, 0.2) is 0 Å². The van der Waals surface area contributed by atoms with Crippen LogP contribution in [0.4, 0.5) is 5.69 Å². The standard InChI is InChI=1S/C15H26N4/c1-4-14(16)15-7-6-13(10-17-15)19-9-5-8-18(3)11-12(19)2/h6-7,10,12,14H,4-5,8-9,11,16H2,1-3H3/t12?,14-/m1/s1. The first kappa shape index (κ1) is 14.3. The summed E-state index contributed by atoms with van der Waals surface area (Å²) in [5.41, 5.74) is 8.22. The largest absolute Gasteiger partial charge is 0.366 e. The molecule has 2 heterocycles. The molecule has 0 aromatic carbocycles. The molecule has 2 N–H and O–H groups in total. The van der Waals surface area contributed by atoms with Crippen LogP contribution >= 0.6 is 0 Å². The Kier molecular flexibility index (Phi) is 4.77. The minimum Gasteiger partial charge on any atom is -0.366 e. The van der Waals surface area contributed by atoms with Crippen LogP contribution in [-0.4, -0.2) is 42.6 Å². The highest BCUT2D eigenvalue weighted by Crippen LogP contribution is 2.21. The Hall–Kier alpha value is -1.13. The van der Waals surface area contributed by atoms with Gasteiger partial charge in [0.25, 0.3) is 0 Å². The molecule has 0 bridgehead atoms. The third kappa shape index (κ3) is 3.45. The van der Waals surface area contributed by atoms with E-state index < -0.39 is 0 Å². The molecule has 1 fully saturated rings. The van der Waals surface area contributed by atoms with E-state index in [9.17, 15) is 0 Å². The van der Waals surface area contributed by atoms with E-state index in [0.717, 1.165) is 25.2 Å².